The summed E-state index contributed by atoms with van der Waals surface area (Å²) in [5.74, 6) is 0.240. The molecule has 0 aliphatic rings. The molecule has 1 N–H and O–H groups in total. The first-order valence-corrected chi connectivity index (χ1v) is 4.66. The summed E-state index contributed by atoms with van der Waals surface area (Å²) in [6.07, 6.45) is -0.343. The number of furan rings is 1. The van der Waals surface area contributed by atoms with Crippen molar-refractivity contribution in [3.63, 3.8) is 0 Å². The molecule has 0 amide bonds. The van der Waals surface area contributed by atoms with Crippen LogP contribution in [-0.2, 0) is 16.0 Å². The fourth-order valence-electron chi connectivity index (χ4n) is 1.14. The fraction of sp³-hybridized carbons (Fsp3) is 0.556. The minimum absolute atomic E-state index is 0.258. The molecule has 0 fully saturated rings. The number of nitrogens with one attached hydrogen (secondary N) is 1. The van der Waals surface area contributed by atoms with Gasteiger partial charge in [0.15, 0.2) is 6.29 Å². The fourth-order valence-corrected chi connectivity index (χ4v) is 1.14. The Morgan fingerprint density at radius 1 is 1.50 bits per heavy atom. The summed E-state index contributed by atoms with van der Waals surface area (Å²) in [7, 11) is 3.07. The maximum Gasteiger partial charge on any atom is 0.433 e. The van der Waals surface area contributed by atoms with E-state index in [4.69, 9.17) is 13.9 Å². The lowest BCUT2D eigenvalue weighted by atomic mass is 10.4. The smallest absolute Gasteiger partial charge is 0.404 e. The van der Waals surface area contributed by atoms with Crippen molar-refractivity contribution in [3.8, 4) is 0 Å². The predicted octanol–water partition coefficient (Wildman–Crippen LogP) is 0.896. The van der Waals surface area contributed by atoms with E-state index in [0.29, 0.717) is 18.8 Å². The Balaban J connectivity index is 2.34. The molecule has 0 spiro atoms. The first kappa shape index (κ1) is 12.6. The number of hydrogen-bond acceptors (Lipinski definition) is 6. The Kier molecular flexibility index (Phi) is 4.90. The van der Waals surface area contributed by atoms with Crippen LogP contribution in [0.4, 0.5) is 5.88 Å². The van der Waals surface area contributed by atoms with Crippen LogP contribution < -0.4 is 5.32 Å². The quantitative estimate of drug-likeness (QED) is 0.425. The molecule has 0 aliphatic heterocycles. The molecule has 1 heterocycles. The van der Waals surface area contributed by atoms with Gasteiger partial charge in [-0.2, -0.15) is 0 Å². The van der Waals surface area contributed by atoms with E-state index in [-0.39, 0.29) is 12.2 Å². The van der Waals surface area contributed by atoms with Crippen molar-refractivity contribution in [2.45, 2.75) is 12.8 Å². The zero-order chi connectivity index (χ0) is 12.0. The van der Waals surface area contributed by atoms with Crippen LogP contribution in [-0.4, -0.2) is 32.0 Å². The predicted molar refractivity (Wildman–Crippen MR) is 54.9 cm³/mol. The molecule has 0 bridgehead atoms. The average molecular weight is 230 g/mol. The van der Waals surface area contributed by atoms with Crippen molar-refractivity contribution in [2.24, 2.45) is 0 Å². The molecule has 90 valence electrons. The van der Waals surface area contributed by atoms with E-state index in [1.54, 1.807) is 6.07 Å². The zero-order valence-corrected chi connectivity index (χ0v) is 9.13. The number of methoxy groups -OCH3 is 2. The van der Waals surface area contributed by atoms with Crippen molar-refractivity contribution < 1.29 is 18.8 Å². The second-order valence-electron chi connectivity index (χ2n) is 3.03. The SMILES string of the molecule is COC(CNCc1ccc([N+](=O)[O-])o1)OC. The molecule has 0 atom stereocenters. The third-order valence-corrected chi connectivity index (χ3v) is 1.96. The first-order chi connectivity index (χ1) is 7.67. The van der Waals surface area contributed by atoms with Gasteiger partial charge in [-0.05, 0) is 6.07 Å². The van der Waals surface area contributed by atoms with Gasteiger partial charge in [0.2, 0.25) is 0 Å². The van der Waals surface area contributed by atoms with Crippen LogP contribution >= 0.6 is 0 Å². The Morgan fingerprint density at radius 2 is 2.19 bits per heavy atom. The summed E-state index contributed by atoms with van der Waals surface area (Å²) in [4.78, 5) is 9.77. The number of ether oxygens (including phenoxy) is 2. The topological polar surface area (TPSA) is 86.8 Å². The van der Waals surface area contributed by atoms with Gasteiger partial charge in [-0.3, -0.25) is 10.1 Å². The van der Waals surface area contributed by atoms with Crippen molar-refractivity contribution in [3.05, 3.63) is 28.0 Å². The molecule has 1 aromatic rings. The lowest BCUT2D eigenvalue weighted by molar-refractivity contribution is -0.402. The summed E-state index contributed by atoms with van der Waals surface area (Å²) in [6.45, 7) is 0.860. The van der Waals surface area contributed by atoms with E-state index in [0.717, 1.165) is 0 Å². The third kappa shape index (κ3) is 3.61. The number of rotatable bonds is 7. The first-order valence-electron chi connectivity index (χ1n) is 4.66. The second kappa shape index (κ2) is 6.21. The molecule has 0 radical (unpaired) electrons. The minimum Gasteiger partial charge on any atom is -0.404 e. The van der Waals surface area contributed by atoms with Crippen LogP contribution in [0.3, 0.4) is 0 Å². The van der Waals surface area contributed by atoms with Crippen molar-refractivity contribution in [2.75, 3.05) is 20.8 Å². The van der Waals surface area contributed by atoms with Crippen LogP contribution in [0.5, 0.6) is 0 Å². The van der Waals surface area contributed by atoms with Gasteiger partial charge in [-0.25, -0.2) is 0 Å². The van der Waals surface area contributed by atoms with Crippen LogP contribution in [0.15, 0.2) is 16.5 Å². The molecule has 1 aromatic heterocycles. The summed E-state index contributed by atoms with van der Waals surface area (Å²) in [5, 5.41) is 13.3. The van der Waals surface area contributed by atoms with Crippen LogP contribution in [0, 0.1) is 10.1 Å². The third-order valence-electron chi connectivity index (χ3n) is 1.96. The normalized spacial score (nSPS) is 10.9. The van der Waals surface area contributed by atoms with E-state index < -0.39 is 4.92 Å². The highest BCUT2D eigenvalue weighted by atomic mass is 16.7. The van der Waals surface area contributed by atoms with Gasteiger partial charge in [-0.1, -0.05) is 0 Å². The zero-order valence-electron chi connectivity index (χ0n) is 9.13. The van der Waals surface area contributed by atoms with Crippen LogP contribution in [0.2, 0.25) is 0 Å². The molecular formula is C9H14N2O5. The van der Waals surface area contributed by atoms with Crippen LogP contribution in [0.25, 0.3) is 0 Å². The van der Waals surface area contributed by atoms with Gasteiger partial charge in [-0.15, -0.1) is 0 Å². The highest BCUT2D eigenvalue weighted by Crippen LogP contribution is 2.15. The van der Waals surface area contributed by atoms with E-state index in [9.17, 15) is 10.1 Å². The molecule has 7 nitrogen and oxygen atoms in total. The largest absolute Gasteiger partial charge is 0.433 e. The molecular weight excluding hydrogens is 216 g/mol. The summed E-state index contributed by atoms with van der Waals surface area (Å²) < 4.78 is 14.9. The highest BCUT2D eigenvalue weighted by molar-refractivity contribution is 5.17. The van der Waals surface area contributed by atoms with Gasteiger partial charge in [0.25, 0.3) is 0 Å². The molecule has 0 saturated heterocycles. The Hall–Kier alpha value is -1.44. The lowest BCUT2D eigenvalue weighted by Gasteiger charge is -2.13. The highest BCUT2D eigenvalue weighted by Gasteiger charge is 2.11. The summed E-state index contributed by atoms with van der Waals surface area (Å²) in [5.41, 5.74) is 0. The number of nitrogens with zero attached hydrogens (tertiary/aromatic N) is 1. The van der Waals surface area contributed by atoms with E-state index in [1.165, 1.54) is 20.3 Å². The Labute approximate surface area is 92.5 Å². The Bertz CT molecular complexity index is 334. The molecule has 1 rings (SSSR count). The second-order valence-corrected chi connectivity index (χ2v) is 3.03. The van der Waals surface area contributed by atoms with Crippen molar-refractivity contribution in [1.82, 2.24) is 5.32 Å². The van der Waals surface area contributed by atoms with Crippen molar-refractivity contribution in [1.29, 1.82) is 0 Å². The summed E-state index contributed by atoms with van der Waals surface area (Å²) >= 11 is 0. The maximum atomic E-state index is 10.3. The molecule has 7 heteroatoms. The van der Waals surface area contributed by atoms with Gasteiger partial charge in [0, 0.05) is 20.8 Å². The van der Waals surface area contributed by atoms with Gasteiger partial charge >= 0.3 is 5.88 Å². The van der Waals surface area contributed by atoms with E-state index >= 15 is 0 Å². The van der Waals surface area contributed by atoms with Crippen molar-refractivity contribution >= 4 is 5.88 Å². The maximum absolute atomic E-state index is 10.3. The van der Waals surface area contributed by atoms with Gasteiger partial charge < -0.3 is 19.2 Å². The molecule has 0 unspecified atom stereocenters. The van der Waals surface area contributed by atoms with E-state index in [1.807, 2.05) is 0 Å². The van der Waals surface area contributed by atoms with Gasteiger partial charge in [0.05, 0.1) is 12.6 Å². The Morgan fingerprint density at radius 3 is 2.69 bits per heavy atom. The molecule has 0 aromatic carbocycles. The summed E-state index contributed by atoms with van der Waals surface area (Å²) in [6, 6.07) is 2.88. The monoisotopic (exact) mass is 230 g/mol. The number of nitro groups is 1. The molecule has 0 saturated carbocycles. The molecule has 16 heavy (non-hydrogen) atoms. The van der Waals surface area contributed by atoms with E-state index in [2.05, 4.69) is 5.32 Å². The lowest BCUT2D eigenvalue weighted by Crippen LogP contribution is -2.29. The van der Waals surface area contributed by atoms with Crippen LogP contribution in [0.1, 0.15) is 5.76 Å². The average Bonchev–Trinajstić information content (AvgIpc) is 2.73. The van der Waals surface area contributed by atoms with Gasteiger partial charge in [0.1, 0.15) is 10.7 Å². The standard InChI is InChI=1S/C9H14N2O5/c1-14-9(15-2)6-10-5-7-3-4-8(16-7)11(12)13/h3-4,9-10H,5-6H2,1-2H3. The number of hydrogen-bond donors (Lipinski definition) is 1. The molecule has 0 aliphatic carbocycles. The minimum atomic E-state index is -0.573.